The number of thiophene rings is 1. The maximum absolute atomic E-state index is 13.7. The number of nitrogens with one attached hydrogen (secondary N) is 1. The molecule has 0 radical (unpaired) electrons. The largest absolute Gasteiger partial charge is 0.337 e. The van der Waals surface area contributed by atoms with Crippen LogP contribution in [0.4, 0.5) is 0 Å². The third-order valence-corrected chi connectivity index (χ3v) is 8.80. The number of benzene rings is 1. The predicted octanol–water partition coefficient (Wildman–Crippen LogP) is 5.02. The van der Waals surface area contributed by atoms with Crippen molar-refractivity contribution in [3.8, 4) is 11.8 Å². The Balaban J connectivity index is 1.52. The molecule has 3 aromatic rings. The maximum Gasteiger partial charge on any atom is 0.267 e. The van der Waals surface area contributed by atoms with Gasteiger partial charge in [-0.15, -0.1) is 11.3 Å². The fourth-order valence-corrected chi connectivity index (χ4v) is 7.02. The summed E-state index contributed by atoms with van der Waals surface area (Å²) in [5.41, 5.74) is 0.932. The maximum atomic E-state index is 13.7. The van der Waals surface area contributed by atoms with E-state index in [4.69, 9.17) is 16.6 Å². The highest BCUT2D eigenvalue weighted by Gasteiger charge is 2.35. The third kappa shape index (κ3) is 4.30. The molecular formula is C24H23ClN4O2S2. The van der Waals surface area contributed by atoms with E-state index < -0.39 is 5.54 Å². The second-order valence-electron chi connectivity index (χ2n) is 8.64. The summed E-state index contributed by atoms with van der Waals surface area (Å²) in [6.45, 7) is 0. The quantitative estimate of drug-likeness (QED) is 0.394. The van der Waals surface area contributed by atoms with Crippen molar-refractivity contribution in [3.63, 3.8) is 0 Å². The molecule has 1 amide bonds. The highest BCUT2D eigenvalue weighted by Crippen LogP contribution is 2.35. The van der Waals surface area contributed by atoms with Gasteiger partial charge in [-0.3, -0.25) is 14.2 Å². The molecule has 0 atom stereocenters. The average Bonchev–Trinajstić information content (AvgIpc) is 3.43. The van der Waals surface area contributed by atoms with Crippen LogP contribution in [0, 0.1) is 11.3 Å². The molecule has 1 saturated carbocycles. The van der Waals surface area contributed by atoms with Crippen molar-refractivity contribution < 1.29 is 4.79 Å². The van der Waals surface area contributed by atoms with Gasteiger partial charge in [0, 0.05) is 9.90 Å². The second kappa shape index (κ2) is 9.13. The van der Waals surface area contributed by atoms with E-state index in [1.165, 1.54) is 16.6 Å². The Morgan fingerprint density at radius 1 is 1.21 bits per heavy atom. The van der Waals surface area contributed by atoms with E-state index in [0.717, 1.165) is 48.9 Å². The number of hydrogen-bond donors (Lipinski definition) is 1. The minimum atomic E-state index is -0.766. The summed E-state index contributed by atoms with van der Waals surface area (Å²) >= 11 is 8.90. The molecule has 9 heteroatoms. The second-order valence-corrected chi connectivity index (χ2v) is 11.1. The molecule has 2 aliphatic rings. The smallest absolute Gasteiger partial charge is 0.267 e. The van der Waals surface area contributed by atoms with Gasteiger partial charge in [0.05, 0.1) is 22.9 Å². The Hall–Kier alpha value is -2.34. The van der Waals surface area contributed by atoms with E-state index in [2.05, 4.69) is 11.4 Å². The number of nitrogens with zero attached hydrogens (tertiary/aromatic N) is 3. The van der Waals surface area contributed by atoms with Crippen LogP contribution in [0.25, 0.3) is 15.9 Å². The van der Waals surface area contributed by atoms with Crippen LogP contribution in [0.15, 0.2) is 34.2 Å². The zero-order chi connectivity index (χ0) is 23.0. The number of nitriles is 1. The summed E-state index contributed by atoms with van der Waals surface area (Å²) in [5.74, 6) is -0.133. The topological polar surface area (TPSA) is 87.8 Å². The van der Waals surface area contributed by atoms with Crippen molar-refractivity contribution in [1.82, 2.24) is 14.9 Å². The van der Waals surface area contributed by atoms with Crippen LogP contribution in [0.3, 0.4) is 0 Å². The van der Waals surface area contributed by atoms with Gasteiger partial charge in [-0.25, -0.2) is 4.98 Å². The lowest BCUT2D eigenvalue weighted by atomic mass is 9.97. The number of hydrogen-bond acceptors (Lipinski definition) is 6. The fourth-order valence-electron chi connectivity index (χ4n) is 4.78. The molecule has 0 bridgehead atoms. The number of fused-ring (bicyclic) bond motifs is 3. The van der Waals surface area contributed by atoms with E-state index >= 15 is 0 Å². The lowest BCUT2D eigenvalue weighted by molar-refractivity contribution is -0.119. The van der Waals surface area contributed by atoms with Gasteiger partial charge < -0.3 is 5.32 Å². The van der Waals surface area contributed by atoms with Gasteiger partial charge in [-0.2, -0.15) is 5.26 Å². The van der Waals surface area contributed by atoms with E-state index in [9.17, 15) is 14.9 Å². The van der Waals surface area contributed by atoms with Crippen molar-refractivity contribution in [2.75, 3.05) is 5.75 Å². The minimum Gasteiger partial charge on any atom is -0.337 e. The number of carbonyl (C=O) groups excluding carboxylic acids is 1. The summed E-state index contributed by atoms with van der Waals surface area (Å²) in [4.78, 5) is 33.3. The minimum absolute atomic E-state index is 0.0834. The number of carbonyl (C=O) groups is 1. The van der Waals surface area contributed by atoms with Crippen LogP contribution < -0.4 is 10.9 Å². The van der Waals surface area contributed by atoms with Crippen LogP contribution in [-0.2, 0) is 17.6 Å². The average molecular weight is 499 g/mol. The molecular weight excluding hydrogens is 476 g/mol. The van der Waals surface area contributed by atoms with Gasteiger partial charge in [-0.05, 0) is 81.2 Å². The van der Waals surface area contributed by atoms with Crippen molar-refractivity contribution >= 4 is 50.8 Å². The summed E-state index contributed by atoms with van der Waals surface area (Å²) < 4.78 is 1.59. The SMILES string of the molecule is N#CC1(NC(=O)CSc2nc3sc4c(c3c(=O)n2-c2ccc(Cl)cc2)CCCC4)CCCC1. The Bertz CT molecular complexity index is 1320. The van der Waals surface area contributed by atoms with Crippen LogP contribution in [-0.4, -0.2) is 26.8 Å². The van der Waals surface area contributed by atoms with Gasteiger partial charge in [0.25, 0.3) is 5.56 Å². The zero-order valence-corrected chi connectivity index (χ0v) is 20.4. The fraction of sp³-hybridized carbons (Fsp3) is 0.417. The standard InChI is InChI=1S/C24H23ClN4O2S2/c25-15-7-9-16(10-8-15)29-22(31)20-17-5-1-2-6-18(17)33-21(20)27-23(29)32-13-19(30)28-24(14-26)11-3-4-12-24/h7-10H,1-6,11-13H2,(H,28,30). The monoisotopic (exact) mass is 498 g/mol. The van der Waals surface area contributed by atoms with Crippen LogP contribution in [0.5, 0.6) is 0 Å². The summed E-state index contributed by atoms with van der Waals surface area (Å²) in [6, 6.07) is 9.37. The molecule has 0 unspecified atom stereocenters. The normalized spacial score (nSPS) is 17.0. The lowest BCUT2D eigenvalue weighted by Crippen LogP contribution is -2.45. The Kier molecular flexibility index (Phi) is 6.21. The number of rotatable bonds is 5. The summed E-state index contributed by atoms with van der Waals surface area (Å²) in [5, 5.41) is 14.2. The number of halogens is 1. The Morgan fingerprint density at radius 3 is 2.67 bits per heavy atom. The molecule has 2 heterocycles. The molecule has 1 aromatic carbocycles. The third-order valence-electron chi connectivity index (χ3n) is 6.43. The summed E-state index contributed by atoms with van der Waals surface area (Å²) in [7, 11) is 0. The first-order valence-electron chi connectivity index (χ1n) is 11.2. The van der Waals surface area contributed by atoms with Gasteiger partial charge >= 0.3 is 0 Å². The molecule has 0 saturated heterocycles. The van der Waals surface area contributed by atoms with Crippen molar-refractivity contribution in [3.05, 3.63) is 50.1 Å². The highest BCUT2D eigenvalue weighted by molar-refractivity contribution is 7.99. The van der Waals surface area contributed by atoms with Crippen LogP contribution in [0.1, 0.15) is 49.0 Å². The van der Waals surface area contributed by atoms with Gasteiger partial charge in [0.2, 0.25) is 5.91 Å². The number of aromatic nitrogens is 2. The van der Waals surface area contributed by atoms with E-state index in [0.29, 0.717) is 34.1 Å². The molecule has 5 rings (SSSR count). The van der Waals surface area contributed by atoms with E-state index in [-0.39, 0.29) is 17.2 Å². The molecule has 2 aromatic heterocycles. The van der Waals surface area contributed by atoms with Crippen molar-refractivity contribution in [1.29, 1.82) is 5.26 Å². The van der Waals surface area contributed by atoms with Crippen molar-refractivity contribution in [2.24, 2.45) is 0 Å². The van der Waals surface area contributed by atoms with E-state index in [1.807, 2.05) is 0 Å². The van der Waals surface area contributed by atoms with Crippen molar-refractivity contribution in [2.45, 2.75) is 62.1 Å². The van der Waals surface area contributed by atoms with Gasteiger partial charge in [-0.1, -0.05) is 23.4 Å². The van der Waals surface area contributed by atoms with Crippen LogP contribution >= 0.6 is 34.7 Å². The number of amides is 1. The molecule has 0 spiro atoms. The number of aryl methyl sites for hydroxylation is 2. The van der Waals surface area contributed by atoms with Gasteiger partial charge in [0.15, 0.2) is 5.16 Å². The Labute approximate surface area is 205 Å². The molecule has 0 aliphatic heterocycles. The predicted molar refractivity (Wildman–Crippen MR) is 133 cm³/mol. The molecule has 1 N–H and O–H groups in total. The summed E-state index contributed by atoms with van der Waals surface area (Å²) in [6.07, 6.45) is 7.34. The molecule has 2 aliphatic carbocycles. The van der Waals surface area contributed by atoms with Crippen LogP contribution in [0.2, 0.25) is 5.02 Å². The highest BCUT2D eigenvalue weighted by atomic mass is 35.5. The van der Waals surface area contributed by atoms with E-state index in [1.54, 1.807) is 40.2 Å². The first kappa shape index (κ1) is 22.5. The molecule has 170 valence electrons. The lowest BCUT2D eigenvalue weighted by Gasteiger charge is -2.22. The Morgan fingerprint density at radius 2 is 1.94 bits per heavy atom. The van der Waals surface area contributed by atoms with Gasteiger partial charge in [0.1, 0.15) is 10.4 Å². The zero-order valence-electron chi connectivity index (χ0n) is 18.0. The molecule has 6 nitrogen and oxygen atoms in total. The molecule has 1 fully saturated rings. The first-order chi connectivity index (χ1) is 16.0. The first-order valence-corrected chi connectivity index (χ1v) is 13.4. The number of thioether (sulfide) groups is 1. The molecule has 33 heavy (non-hydrogen) atoms.